The predicted molar refractivity (Wildman–Crippen MR) is 144 cm³/mol. The molecule has 4 nitrogen and oxygen atoms in total. The molecule has 0 radical (unpaired) electrons. The van der Waals surface area contributed by atoms with E-state index in [9.17, 15) is 9.59 Å². The van der Waals surface area contributed by atoms with Crippen LogP contribution in [-0.4, -0.2) is 58.6 Å². The lowest BCUT2D eigenvalue weighted by Gasteiger charge is -2.30. The molecular formula is C30H40N2O2. The number of Topliss-reactive ketones (excluding diaryl/α,β-unsaturated/α-hetero) is 2. The standard InChI is InChI=1S/C30H40N2O2/c1-19(2)31(20(3)4)17-29(33)25-13-9-11-23-15-24-12-10-14-26(28(24)16-27(23)25)30(34)18-32(21(5)6)22(7)8/h9-16,19-22H,17-18H2,1-8H3. The molecule has 0 fully saturated rings. The van der Waals surface area contributed by atoms with Crippen molar-refractivity contribution in [2.75, 3.05) is 13.1 Å². The SMILES string of the molecule is CC(C)N(CC(=O)c1cccc2cc3cccc(C(=O)CN(C(C)C)C(C)C)c3cc12)C(C)C. The molecule has 0 spiro atoms. The highest BCUT2D eigenvalue weighted by Crippen LogP contribution is 2.29. The summed E-state index contributed by atoms with van der Waals surface area (Å²) < 4.78 is 0. The summed E-state index contributed by atoms with van der Waals surface area (Å²) in [7, 11) is 0. The maximum atomic E-state index is 13.4. The predicted octanol–water partition coefficient (Wildman–Crippen LogP) is 6.60. The lowest BCUT2D eigenvalue weighted by atomic mass is 9.94. The fourth-order valence-corrected chi connectivity index (χ4v) is 4.96. The summed E-state index contributed by atoms with van der Waals surface area (Å²) in [6.07, 6.45) is 0. The van der Waals surface area contributed by atoms with Gasteiger partial charge in [0.2, 0.25) is 0 Å². The number of rotatable bonds is 10. The number of hydrogen-bond donors (Lipinski definition) is 0. The van der Waals surface area contributed by atoms with Gasteiger partial charge in [0.15, 0.2) is 11.6 Å². The Morgan fingerprint density at radius 2 is 0.941 bits per heavy atom. The van der Waals surface area contributed by atoms with E-state index in [4.69, 9.17) is 0 Å². The van der Waals surface area contributed by atoms with Crippen molar-refractivity contribution in [2.24, 2.45) is 0 Å². The van der Waals surface area contributed by atoms with E-state index in [-0.39, 0.29) is 35.7 Å². The molecule has 4 heteroatoms. The van der Waals surface area contributed by atoms with Gasteiger partial charge in [-0.1, -0.05) is 36.4 Å². The minimum absolute atomic E-state index is 0.113. The van der Waals surface area contributed by atoms with Crippen molar-refractivity contribution in [1.29, 1.82) is 0 Å². The molecule has 0 saturated heterocycles. The molecular weight excluding hydrogens is 420 g/mol. The van der Waals surface area contributed by atoms with Crippen LogP contribution in [-0.2, 0) is 0 Å². The first-order valence-corrected chi connectivity index (χ1v) is 12.5. The van der Waals surface area contributed by atoms with Crippen LogP contribution in [0.3, 0.4) is 0 Å². The van der Waals surface area contributed by atoms with Crippen LogP contribution in [0.1, 0.15) is 76.1 Å². The second-order valence-electron chi connectivity index (χ2n) is 10.5. The quantitative estimate of drug-likeness (QED) is 0.253. The Balaban J connectivity index is 2.08. The third-order valence-corrected chi connectivity index (χ3v) is 6.79. The summed E-state index contributed by atoms with van der Waals surface area (Å²) >= 11 is 0. The number of nitrogens with zero attached hydrogens (tertiary/aromatic N) is 2. The van der Waals surface area contributed by atoms with Crippen LogP contribution in [0, 0.1) is 0 Å². The fraction of sp³-hybridized carbons (Fsp3) is 0.467. The molecule has 34 heavy (non-hydrogen) atoms. The summed E-state index contributed by atoms with van der Waals surface area (Å²) in [4.78, 5) is 31.2. The molecule has 0 aliphatic carbocycles. The minimum Gasteiger partial charge on any atom is -0.293 e. The van der Waals surface area contributed by atoms with Gasteiger partial charge in [0.05, 0.1) is 13.1 Å². The van der Waals surface area contributed by atoms with E-state index in [1.54, 1.807) is 0 Å². The highest BCUT2D eigenvalue weighted by molar-refractivity contribution is 6.16. The van der Waals surface area contributed by atoms with Crippen molar-refractivity contribution < 1.29 is 9.59 Å². The molecule has 0 aliphatic heterocycles. The number of ketones is 2. The average Bonchev–Trinajstić information content (AvgIpc) is 2.77. The zero-order chi connectivity index (χ0) is 25.2. The van der Waals surface area contributed by atoms with E-state index in [1.807, 2.05) is 36.4 Å². The molecule has 0 bridgehead atoms. The van der Waals surface area contributed by atoms with Crippen LogP contribution in [0.25, 0.3) is 21.5 Å². The van der Waals surface area contributed by atoms with Crippen molar-refractivity contribution in [3.05, 3.63) is 59.7 Å². The minimum atomic E-state index is 0.113. The normalized spacial score (nSPS) is 12.4. The lowest BCUT2D eigenvalue weighted by Crippen LogP contribution is -2.40. The largest absolute Gasteiger partial charge is 0.293 e. The van der Waals surface area contributed by atoms with Gasteiger partial charge < -0.3 is 0 Å². The summed E-state index contributed by atoms with van der Waals surface area (Å²) in [6, 6.07) is 17.1. The second kappa shape index (κ2) is 10.8. The second-order valence-corrected chi connectivity index (χ2v) is 10.5. The number of carbonyl (C=O) groups excluding carboxylic acids is 2. The van der Waals surface area contributed by atoms with Crippen molar-refractivity contribution in [1.82, 2.24) is 9.80 Å². The van der Waals surface area contributed by atoms with Gasteiger partial charge in [-0.05, 0) is 89.1 Å². The van der Waals surface area contributed by atoms with E-state index < -0.39 is 0 Å². The maximum Gasteiger partial charge on any atom is 0.177 e. The molecule has 3 rings (SSSR count). The van der Waals surface area contributed by atoms with Crippen LogP contribution in [0.5, 0.6) is 0 Å². The average molecular weight is 461 g/mol. The molecule has 0 aliphatic rings. The molecule has 0 heterocycles. The van der Waals surface area contributed by atoms with Crippen molar-refractivity contribution in [2.45, 2.75) is 79.6 Å². The van der Waals surface area contributed by atoms with E-state index in [1.165, 1.54) is 0 Å². The Morgan fingerprint density at radius 1 is 0.588 bits per heavy atom. The Kier molecular flexibility index (Phi) is 8.27. The van der Waals surface area contributed by atoms with E-state index in [0.29, 0.717) is 13.1 Å². The van der Waals surface area contributed by atoms with Gasteiger partial charge >= 0.3 is 0 Å². The summed E-state index contributed by atoms with van der Waals surface area (Å²) in [6.45, 7) is 17.8. The Hall–Kier alpha value is -2.56. The molecule has 3 aromatic rings. The Morgan fingerprint density at radius 3 is 1.26 bits per heavy atom. The van der Waals surface area contributed by atoms with Crippen LogP contribution < -0.4 is 0 Å². The van der Waals surface area contributed by atoms with Crippen LogP contribution in [0.2, 0.25) is 0 Å². The molecule has 3 aromatic carbocycles. The van der Waals surface area contributed by atoms with Crippen molar-refractivity contribution in [3.8, 4) is 0 Å². The van der Waals surface area contributed by atoms with E-state index >= 15 is 0 Å². The monoisotopic (exact) mass is 460 g/mol. The first kappa shape index (κ1) is 26.1. The third kappa shape index (κ3) is 5.56. The molecule has 0 saturated carbocycles. The van der Waals surface area contributed by atoms with Crippen LogP contribution >= 0.6 is 0 Å². The highest BCUT2D eigenvalue weighted by atomic mass is 16.1. The van der Waals surface area contributed by atoms with Crippen LogP contribution in [0.4, 0.5) is 0 Å². The first-order valence-electron chi connectivity index (χ1n) is 12.5. The van der Waals surface area contributed by atoms with Gasteiger partial charge in [0.1, 0.15) is 0 Å². The lowest BCUT2D eigenvalue weighted by molar-refractivity contribution is 0.0863. The molecule has 0 N–H and O–H groups in total. The summed E-state index contributed by atoms with van der Waals surface area (Å²) in [5, 5.41) is 3.87. The number of benzene rings is 3. The van der Waals surface area contributed by atoms with Gasteiger partial charge in [0, 0.05) is 35.3 Å². The number of carbonyl (C=O) groups is 2. The van der Waals surface area contributed by atoms with E-state index in [0.717, 1.165) is 32.7 Å². The highest BCUT2D eigenvalue weighted by Gasteiger charge is 2.22. The maximum absolute atomic E-state index is 13.4. The summed E-state index contributed by atoms with van der Waals surface area (Å²) in [5.41, 5.74) is 1.44. The van der Waals surface area contributed by atoms with Gasteiger partial charge in [-0.25, -0.2) is 0 Å². The van der Waals surface area contributed by atoms with E-state index in [2.05, 4.69) is 77.3 Å². The van der Waals surface area contributed by atoms with Gasteiger partial charge in [-0.15, -0.1) is 0 Å². The van der Waals surface area contributed by atoms with Crippen LogP contribution in [0.15, 0.2) is 48.5 Å². The van der Waals surface area contributed by atoms with Crippen molar-refractivity contribution >= 4 is 33.1 Å². The molecule has 0 unspecified atom stereocenters. The van der Waals surface area contributed by atoms with Gasteiger partial charge in [-0.3, -0.25) is 19.4 Å². The zero-order valence-corrected chi connectivity index (χ0v) is 22.1. The topological polar surface area (TPSA) is 40.6 Å². The Bertz CT molecular complexity index is 1070. The fourth-order valence-electron chi connectivity index (χ4n) is 4.96. The molecule has 0 amide bonds. The van der Waals surface area contributed by atoms with Gasteiger partial charge in [-0.2, -0.15) is 0 Å². The van der Waals surface area contributed by atoms with Gasteiger partial charge in [0.25, 0.3) is 0 Å². The third-order valence-electron chi connectivity index (χ3n) is 6.79. The van der Waals surface area contributed by atoms with Crippen molar-refractivity contribution in [3.63, 3.8) is 0 Å². The molecule has 0 atom stereocenters. The smallest absolute Gasteiger partial charge is 0.177 e. The molecule has 0 aromatic heterocycles. The first-order chi connectivity index (χ1) is 16.0. The number of fused-ring (bicyclic) bond motifs is 2. The zero-order valence-electron chi connectivity index (χ0n) is 22.1. The molecule has 182 valence electrons. The Labute approximate surface area is 204 Å². The number of hydrogen-bond acceptors (Lipinski definition) is 4. The summed E-state index contributed by atoms with van der Waals surface area (Å²) in [5.74, 6) is 0.226.